The van der Waals surface area contributed by atoms with Crippen LogP contribution >= 0.6 is 0 Å². The maximum absolute atomic E-state index is 13.6. The van der Waals surface area contributed by atoms with Crippen LogP contribution in [-0.4, -0.2) is 66.7 Å². The van der Waals surface area contributed by atoms with Crippen LogP contribution in [0.4, 0.5) is 0 Å². The molecule has 2 saturated heterocycles. The van der Waals surface area contributed by atoms with Crippen molar-refractivity contribution in [3.8, 4) is 0 Å². The van der Waals surface area contributed by atoms with Crippen molar-refractivity contribution in [3.63, 3.8) is 0 Å². The van der Waals surface area contributed by atoms with Gasteiger partial charge in [0.15, 0.2) is 5.96 Å². The molecule has 9 nitrogen and oxygen atoms in total. The molecule has 1 saturated carbocycles. The van der Waals surface area contributed by atoms with Gasteiger partial charge in [0.05, 0.1) is 12.6 Å². The first-order chi connectivity index (χ1) is 17.4. The van der Waals surface area contributed by atoms with Gasteiger partial charge in [-0.05, 0) is 56.9 Å². The Morgan fingerprint density at radius 1 is 1.06 bits per heavy atom. The van der Waals surface area contributed by atoms with Crippen molar-refractivity contribution in [3.05, 3.63) is 0 Å². The topological polar surface area (TPSA) is 143 Å². The van der Waals surface area contributed by atoms with Gasteiger partial charge < -0.3 is 31.8 Å². The first-order valence-electron chi connectivity index (χ1n) is 14.3. The van der Waals surface area contributed by atoms with Crippen molar-refractivity contribution in [2.24, 2.45) is 28.3 Å². The van der Waals surface area contributed by atoms with Gasteiger partial charge in [-0.2, -0.15) is 0 Å². The summed E-state index contributed by atoms with van der Waals surface area (Å²) >= 11 is 0. The van der Waals surface area contributed by atoms with E-state index >= 15 is 0 Å². The molecule has 6 N–H and O–H groups in total. The zero-order valence-electron chi connectivity index (χ0n) is 23.1. The summed E-state index contributed by atoms with van der Waals surface area (Å²) in [5.41, 5.74) is 10.0. The molecule has 0 aromatic heterocycles. The van der Waals surface area contributed by atoms with Gasteiger partial charge in [0.1, 0.15) is 12.3 Å². The summed E-state index contributed by atoms with van der Waals surface area (Å²) in [6.07, 6.45) is 12.4. The van der Waals surface area contributed by atoms with Crippen LogP contribution in [0.15, 0.2) is 4.99 Å². The van der Waals surface area contributed by atoms with E-state index in [1.54, 1.807) is 0 Å². The predicted octanol–water partition coefficient (Wildman–Crippen LogP) is 2.72. The van der Waals surface area contributed by atoms with Gasteiger partial charge in [-0.3, -0.25) is 14.6 Å². The van der Waals surface area contributed by atoms with E-state index in [1.807, 2.05) is 25.7 Å². The smallest absolute Gasteiger partial charge is 0.243 e. The third kappa shape index (κ3) is 9.71. The maximum atomic E-state index is 13.6. The van der Waals surface area contributed by atoms with Crippen LogP contribution in [0.1, 0.15) is 98.3 Å². The fraction of sp³-hybridized carbons (Fsp3) is 0.852. The number of nitrogens with one attached hydrogen (secondary N) is 2. The fourth-order valence-electron chi connectivity index (χ4n) is 5.74. The minimum absolute atomic E-state index is 0.0172. The first kappa shape index (κ1) is 31.9. The predicted molar refractivity (Wildman–Crippen MR) is 146 cm³/mol. The first-order valence-corrected chi connectivity index (χ1v) is 14.3. The van der Waals surface area contributed by atoms with Crippen LogP contribution in [0.3, 0.4) is 0 Å². The summed E-state index contributed by atoms with van der Waals surface area (Å²) in [5, 5.41) is 6.17. The summed E-state index contributed by atoms with van der Waals surface area (Å²) in [4.78, 5) is 42.5. The monoisotopic (exact) mass is 508 g/mol. The summed E-state index contributed by atoms with van der Waals surface area (Å²) in [7, 11) is 0. The highest BCUT2D eigenvalue weighted by atomic mass is 16.2. The lowest BCUT2D eigenvalue weighted by molar-refractivity contribution is -0.145. The van der Waals surface area contributed by atoms with E-state index in [0.717, 1.165) is 58.0 Å². The lowest BCUT2D eigenvalue weighted by atomic mass is 9.71. The number of hydrogen-bond acceptors (Lipinski definition) is 5. The molecule has 5 atom stereocenters. The van der Waals surface area contributed by atoms with Crippen molar-refractivity contribution in [1.82, 2.24) is 15.5 Å². The number of rotatable bonds is 9. The van der Waals surface area contributed by atoms with E-state index in [1.165, 1.54) is 19.3 Å². The van der Waals surface area contributed by atoms with Crippen molar-refractivity contribution in [1.29, 1.82) is 0 Å². The van der Waals surface area contributed by atoms with Crippen LogP contribution in [0.2, 0.25) is 0 Å². The molecule has 0 spiro atoms. The molecule has 0 bridgehead atoms. The Morgan fingerprint density at radius 3 is 2.39 bits per heavy atom. The van der Waals surface area contributed by atoms with Crippen molar-refractivity contribution in [2.45, 2.75) is 116 Å². The number of nitrogens with two attached hydrogens (primary N) is 2. The van der Waals surface area contributed by atoms with Crippen LogP contribution < -0.4 is 22.1 Å². The Kier molecular flexibility index (Phi) is 16.1. The van der Waals surface area contributed by atoms with Crippen LogP contribution in [0, 0.1) is 11.8 Å². The Morgan fingerprint density at radius 2 is 1.78 bits per heavy atom. The van der Waals surface area contributed by atoms with Gasteiger partial charge in [-0.1, -0.05) is 59.8 Å². The van der Waals surface area contributed by atoms with E-state index in [0.29, 0.717) is 24.5 Å². The molecule has 3 rings (SSSR count). The molecule has 0 aromatic carbocycles. The fourth-order valence-corrected chi connectivity index (χ4v) is 5.74. The van der Waals surface area contributed by atoms with Crippen LogP contribution in [0.5, 0.6) is 0 Å². The zero-order chi connectivity index (χ0) is 26.9. The number of amides is 2. The normalized spacial score (nSPS) is 26.8. The van der Waals surface area contributed by atoms with Gasteiger partial charge in [-0.15, -0.1) is 0 Å². The number of piperidine rings is 1. The lowest BCUT2D eigenvalue weighted by Gasteiger charge is -2.44. The highest BCUT2D eigenvalue weighted by molar-refractivity contribution is 5.91. The van der Waals surface area contributed by atoms with Gasteiger partial charge in [0.25, 0.3) is 0 Å². The molecule has 2 amide bonds. The van der Waals surface area contributed by atoms with Crippen molar-refractivity contribution >= 4 is 24.1 Å². The molecule has 0 aromatic rings. The third-order valence-corrected chi connectivity index (χ3v) is 7.37. The zero-order valence-corrected chi connectivity index (χ0v) is 23.1. The number of likely N-dealkylation sites (tertiary alicyclic amines) is 1. The van der Waals surface area contributed by atoms with Crippen molar-refractivity contribution in [2.75, 3.05) is 19.6 Å². The number of guanidine groups is 1. The van der Waals surface area contributed by atoms with E-state index in [2.05, 4.69) is 22.5 Å². The highest BCUT2D eigenvalue weighted by Crippen LogP contribution is 2.39. The molecule has 3 fully saturated rings. The lowest BCUT2D eigenvalue weighted by Crippen LogP contribution is -2.60. The van der Waals surface area contributed by atoms with Gasteiger partial charge >= 0.3 is 0 Å². The maximum Gasteiger partial charge on any atom is 0.243 e. The van der Waals surface area contributed by atoms with E-state index in [9.17, 15) is 14.4 Å². The number of hydrogen-bond donors (Lipinski definition) is 4. The van der Waals surface area contributed by atoms with Gasteiger partial charge in [0, 0.05) is 12.6 Å². The average Bonchev–Trinajstić information content (AvgIpc) is 3.34. The van der Waals surface area contributed by atoms with E-state index < -0.39 is 6.04 Å². The molecule has 9 heteroatoms. The van der Waals surface area contributed by atoms with E-state index in [4.69, 9.17) is 11.5 Å². The quantitative estimate of drug-likeness (QED) is 0.214. The van der Waals surface area contributed by atoms with Crippen molar-refractivity contribution < 1.29 is 14.4 Å². The number of unbranched alkanes of at least 4 members (excludes halogenated alkanes) is 1. The van der Waals surface area contributed by atoms with Crippen LogP contribution in [-0.2, 0) is 14.4 Å². The third-order valence-electron chi connectivity index (χ3n) is 7.37. The standard InChI is InChI=1S/C21H35N3O3.C4H11N3.C2H6/c1-2-3-7-16-9-10-18(20(26)23-13-14-25)24(16)21(27)19-17-8-5-4-6-15(17)11-12-22-19;1-2-3-7-4(5)6;1-2/h14-19,22H,2-13H2,1H3,(H,23,26);2-3H2,1H3,(H4,5,6,7);1-2H3/t15-,16-,17?,18-,19?;;/m0../s1. The summed E-state index contributed by atoms with van der Waals surface area (Å²) in [5.74, 6) is 1.18. The molecule has 36 heavy (non-hydrogen) atoms. The highest BCUT2D eigenvalue weighted by Gasteiger charge is 2.46. The molecular formula is C27H52N6O3. The average molecular weight is 509 g/mol. The summed E-state index contributed by atoms with van der Waals surface area (Å²) in [6.45, 7) is 9.83. The molecule has 208 valence electrons. The second kappa shape index (κ2) is 18.1. The Labute approximate surface area is 218 Å². The van der Waals surface area contributed by atoms with E-state index in [-0.39, 0.29) is 36.4 Å². The SMILES string of the molecule is CC.CCCC[C@H]1CC[C@@H](C(=O)NCC=O)N1C(=O)C1NCC[C@@H]2CCCCC12.CCCN=C(N)N. The number of fused-ring (bicyclic) bond motifs is 1. The molecule has 3 aliphatic rings. The molecule has 2 unspecified atom stereocenters. The summed E-state index contributed by atoms with van der Waals surface area (Å²) in [6, 6.07) is -0.423. The number of aldehydes is 1. The summed E-state index contributed by atoms with van der Waals surface area (Å²) < 4.78 is 0. The second-order valence-electron chi connectivity index (χ2n) is 9.78. The number of carbonyl (C=O) groups is 3. The van der Waals surface area contributed by atoms with Gasteiger partial charge in [0.2, 0.25) is 11.8 Å². The van der Waals surface area contributed by atoms with Crippen LogP contribution in [0.25, 0.3) is 0 Å². The molecule has 0 radical (unpaired) electrons. The number of aliphatic imine (C=N–C) groups is 1. The second-order valence-corrected chi connectivity index (χ2v) is 9.78. The Bertz CT molecular complexity index is 680. The number of nitrogens with zero attached hydrogens (tertiary/aromatic N) is 2. The Hall–Kier alpha value is -2.16. The van der Waals surface area contributed by atoms with Gasteiger partial charge in [-0.25, -0.2) is 0 Å². The molecule has 2 heterocycles. The molecule has 2 aliphatic heterocycles. The number of carbonyl (C=O) groups excluding carboxylic acids is 3. The minimum Gasteiger partial charge on any atom is -0.370 e. The Balaban J connectivity index is 0.000000623. The molecular weight excluding hydrogens is 456 g/mol. The minimum atomic E-state index is -0.426. The molecule has 1 aliphatic carbocycles. The largest absolute Gasteiger partial charge is 0.370 e.